The van der Waals surface area contributed by atoms with E-state index in [9.17, 15) is 8.78 Å². The lowest BCUT2D eigenvalue weighted by atomic mass is 9.99. The topological polar surface area (TPSA) is 35.2 Å². The number of ether oxygens (including phenoxy) is 1. The molecule has 2 aromatic carbocycles. The van der Waals surface area contributed by atoms with Crippen molar-refractivity contribution >= 4 is 0 Å². The van der Waals surface area contributed by atoms with Crippen molar-refractivity contribution in [3.63, 3.8) is 0 Å². The normalized spacial score (nSPS) is 12.2. The van der Waals surface area contributed by atoms with E-state index in [-0.39, 0.29) is 6.04 Å². The number of benzene rings is 2. The molecule has 1 unspecified atom stereocenters. The molecule has 0 aromatic heterocycles. The third kappa shape index (κ3) is 3.78. The van der Waals surface area contributed by atoms with E-state index in [4.69, 9.17) is 10.5 Å². The second-order valence-electron chi connectivity index (χ2n) is 4.76. The molecule has 0 bridgehead atoms. The van der Waals surface area contributed by atoms with Gasteiger partial charge >= 0.3 is 0 Å². The minimum absolute atomic E-state index is 0.279. The monoisotopic (exact) mass is 277 g/mol. The van der Waals surface area contributed by atoms with Crippen molar-refractivity contribution in [3.8, 4) is 5.75 Å². The Balaban J connectivity index is 2.04. The molecule has 0 fully saturated rings. The molecule has 0 saturated heterocycles. The predicted octanol–water partition coefficient (Wildman–Crippen LogP) is 3.09. The number of hydrogen-bond donors (Lipinski definition) is 1. The average Bonchev–Trinajstić information content (AvgIpc) is 2.43. The fourth-order valence-corrected chi connectivity index (χ4v) is 2.16. The molecule has 106 valence electrons. The Hall–Kier alpha value is -1.94. The number of rotatable bonds is 5. The van der Waals surface area contributed by atoms with Crippen LogP contribution in [0.5, 0.6) is 5.75 Å². The molecule has 2 N–H and O–H groups in total. The summed E-state index contributed by atoms with van der Waals surface area (Å²) in [7, 11) is 1.60. The Morgan fingerprint density at radius 2 is 1.90 bits per heavy atom. The van der Waals surface area contributed by atoms with Gasteiger partial charge in [-0.3, -0.25) is 0 Å². The summed E-state index contributed by atoms with van der Waals surface area (Å²) in [5, 5.41) is 0. The fourth-order valence-electron chi connectivity index (χ4n) is 2.16. The lowest BCUT2D eigenvalue weighted by Crippen LogP contribution is -2.26. The van der Waals surface area contributed by atoms with Crippen LogP contribution in [0.25, 0.3) is 0 Å². The molecule has 2 rings (SSSR count). The average molecular weight is 277 g/mol. The molecule has 0 aliphatic heterocycles. The van der Waals surface area contributed by atoms with E-state index in [2.05, 4.69) is 0 Å². The van der Waals surface area contributed by atoms with Crippen LogP contribution in [0.2, 0.25) is 0 Å². The van der Waals surface area contributed by atoms with Crippen molar-refractivity contribution in [2.45, 2.75) is 18.9 Å². The first kappa shape index (κ1) is 14.5. The Morgan fingerprint density at radius 1 is 1.10 bits per heavy atom. The lowest BCUT2D eigenvalue weighted by Gasteiger charge is -2.13. The zero-order chi connectivity index (χ0) is 14.5. The first-order valence-electron chi connectivity index (χ1n) is 6.41. The molecular formula is C16H17F2NO. The van der Waals surface area contributed by atoms with Crippen LogP contribution in [0, 0.1) is 11.6 Å². The quantitative estimate of drug-likeness (QED) is 0.911. The highest BCUT2D eigenvalue weighted by Crippen LogP contribution is 2.16. The van der Waals surface area contributed by atoms with Crippen molar-refractivity contribution in [2.75, 3.05) is 7.11 Å². The minimum Gasteiger partial charge on any atom is -0.497 e. The zero-order valence-electron chi connectivity index (χ0n) is 11.3. The van der Waals surface area contributed by atoms with Gasteiger partial charge in [-0.15, -0.1) is 0 Å². The Morgan fingerprint density at radius 3 is 2.65 bits per heavy atom. The molecule has 4 heteroatoms. The summed E-state index contributed by atoms with van der Waals surface area (Å²) < 4.78 is 31.8. The second kappa shape index (κ2) is 6.48. The number of methoxy groups -OCH3 is 1. The lowest BCUT2D eigenvalue weighted by molar-refractivity contribution is 0.414. The van der Waals surface area contributed by atoms with Gasteiger partial charge in [-0.05, 0) is 54.3 Å². The van der Waals surface area contributed by atoms with Gasteiger partial charge in [0.05, 0.1) is 7.11 Å². The molecule has 0 aliphatic carbocycles. The Kier molecular flexibility index (Phi) is 4.69. The van der Waals surface area contributed by atoms with E-state index in [1.165, 1.54) is 6.07 Å². The zero-order valence-corrected chi connectivity index (χ0v) is 11.3. The maximum atomic E-state index is 13.5. The summed E-state index contributed by atoms with van der Waals surface area (Å²) >= 11 is 0. The van der Waals surface area contributed by atoms with Gasteiger partial charge in [-0.25, -0.2) is 8.78 Å². The van der Waals surface area contributed by atoms with E-state index in [1.54, 1.807) is 7.11 Å². The predicted molar refractivity (Wildman–Crippen MR) is 74.7 cm³/mol. The van der Waals surface area contributed by atoms with Crippen molar-refractivity contribution in [3.05, 3.63) is 65.2 Å². The third-order valence-corrected chi connectivity index (χ3v) is 3.12. The van der Waals surface area contributed by atoms with E-state index in [0.717, 1.165) is 23.4 Å². The highest BCUT2D eigenvalue weighted by Gasteiger charge is 2.10. The van der Waals surface area contributed by atoms with Gasteiger partial charge in [0, 0.05) is 6.04 Å². The smallest absolute Gasteiger partial charge is 0.126 e. The molecule has 2 nitrogen and oxygen atoms in total. The van der Waals surface area contributed by atoms with Gasteiger partial charge < -0.3 is 10.5 Å². The summed E-state index contributed by atoms with van der Waals surface area (Å²) in [6.07, 6.45) is 0.869. The van der Waals surface area contributed by atoms with Gasteiger partial charge in [-0.2, -0.15) is 0 Å². The highest BCUT2D eigenvalue weighted by molar-refractivity contribution is 5.29. The van der Waals surface area contributed by atoms with Crippen molar-refractivity contribution < 1.29 is 13.5 Å². The second-order valence-corrected chi connectivity index (χ2v) is 4.76. The summed E-state index contributed by atoms with van der Waals surface area (Å²) in [5.41, 5.74) is 7.33. The summed E-state index contributed by atoms with van der Waals surface area (Å²) in [4.78, 5) is 0. The summed E-state index contributed by atoms with van der Waals surface area (Å²) in [5.74, 6) is -0.117. The van der Waals surface area contributed by atoms with Gasteiger partial charge in [0.2, 0.25) is 0 Å². The molecule has 0 amide bonds. The standard InChI is InChI=1S/C16H17F2NO/c1-20-15-4-2-3-11(8-15)7-14(19)10-12-9-13(17)5-6-16(12)18/h2-6,8-9,14H,7,10,19H2,1H3. The largest absolute Gasteiger partial charge is 0.497 e. The molecule has 0 heterocycles. The Bertz CT molecular complexity index is 586. The van der Waals surface area contributed by atoms with Crippen LogP contribution >= 0.6 is 0 Å². The molecule has 1 atom stereocenters. The SMILES string of the molecule is COc1cccc(CC(N)Cc2cc(F)ccc2F)c1. The van der Waals surface area contributed by atoms with Gasteiger partial charge in [0.25, 0.3) is 0 Å². The summed E-state index contributed by atoms with van der Waals surface area (Å²) in [6, 6.07) is 10.7. The van der Waals surface area contributed by atoms with E-state index < -0.39 is 11.6 Å². The van der Waals surface area contributed by atoms with E-state index in [0.29, 0.717) is 18.4 Å². The maximum absolute atomic E-state index is 13.5. The van der Waals surface area contributed by atoms with Crippen LogP contribution in [0.3, 0.4) is 0 Å². The molecular weight excluding hydrogens is 260 g/mol. The van der Waals surface area contributed by atoms with Crippen LogP contribution < -0.4 is 10.5 Å². The molecule has 0 radical (unpaired) electrons. The maximum Gasteiger partial charge on any atom is 0.126 e. The number of nitrogens with two attached hydrogens (primary N) is 1. The van der Waals surface area contributed by atoms with Crippen molar-refractivity contribution in [1.29, 1.82) is 0 Å². The highest BCUT2D eigenvalue weighted by atomic mass is 19.1. The van der Waals surface area contributed by atoms with Crippen LogP contribution in [-0.2, 0) is 12.8 Å². The van der Waals surface area contributed by atoms with Gasteiger partial charge in [-0.1, -0.05) is 12.1 Å². The van der Waals surface area contributed by atoms with Crippen LogP contribution in [0.1, 0.15) is 11.1 Å². The number of halogens is 2. The first-order valence-corrected chi connectivity index (χ1v) is 6.41. The van der Waals surface area contributed by atoms with E-state index >= 15 is 0 Å². The molecule has 20 heavy (non-hydrogen) atoms. The van der Waals surface area contributed by atoms with Crippen LogP contribution in [-0.4, -0.2) is 13.2 Å². The van der Waals surface area contributed by atoms with Gasteiger partial charge in [0.1, 0.15) is 17.4 Å². The molecule has 0 saturated carbocycles. The molecule has 0 aliphatic rings. The minimum atomic E-state index is -0.449. The third-order valence-electron chi connectivity index (χ3n) is 3.12. The van der Waals surface area contributed by atoms with Gasteiger partial charge in [0.15, 0.2) is 0 Å². The molecule has 2 aromatic rings. The molecule has 0 spiro atoms. The Labute approximate surface area is 117 Å². The van der Waals surface area contributed by atoms with Crippen molar-refractivity contribution in [1.82, 2.24) is 0 Å². The fraction of sp³-hybridized carbons (Fsp3) is 0.250. The van der Waals surface area contributed by atoms with Crippen molar-refractivity contribution in [2.24, 2.45) is 5.73 Å². The first-order chi connectivity index (χ1) is 9.58. The summed E-state index contributed by atoms with van der Waals surface area (Å²) in [6.45, 7) is 0. The number of hydrogen-bond acceptors (Lipinski definition) is 2. The van der Waals surface area contributed by atoms with Crippen LogP contribution in [0.15, 0.2) is 42.5 Å². The van der Waals surface area contributed by atoms with Crippen LogP contribution in [0.4, 0.5) is 8.78 Å². The van der Waals surface area contributed by atoms with E-state index in [1.807, 2.05) is 24.3 Å².